The number of ether oxygens (including phenoxy) is 1. The molecule has 0 aliphatic carbocycles. The zero-order chi connectivity index (χ0) is 16.8. The zero-order valence-corrected chi connectivity index (χ0v) is 13.4. The Labute approximate surface area is 129 Å². The average Bonchev–Trinajstić information content (AvgIpc) is 2.50. The van der Waals surface area contributed by atoms with Crippen molar-refractivity contribution in [1.82, 2.24) is 4.72 Å². The van der Waals surface area contributed by atoms with Gasteiger partial charge in [0.1, 0.15) is 0 Å². The molecule has 1 aromatic carbocycles. The first kappa shape index (κ1) is 18.3. The van der Waals surface area contributed by atoms with Gasteiger partial charge < -0.3 is 10.5 Å². The highest BCUT2D eigenvalue weighted by Crippen LogP contribution is 2.29. The Morgan fingerprint density at radius 2 is 2.14 bits per heavy atom. The molecule has 124 valence electrons. The monoisotopic (exact) mass is 331 g/mol. The number of unbranched alkanes of at least 4 members (excludes halogenated alkanes) is 1. The van der Waals surface area contributed by atoms with Crippen molar-refractivity contribution < 1.29 is 18.1 Å². The van der Waals surface area contributed by atoms with Crippen LogP contribution in [-0.2, 0) is 10.0 Å². The van der Waals surface area contributed by atoms with Crippen molar-refractivity contribution in [3.8, 4) is 5.75 Å². The van der Waals surface area contributed by atoms with Gasteiger partial charge in [-0.2, -0.15) is 0 Å². The van der Waals surface area contributed by atoms with Gasteiger partial charge >= 0.3 is 5.69 Å². The zero-order valence-electron chi connectivity index (χ0n) is 12.6. The van der Waals surface area contributed by atoms with Gasteiger partial charge in [0.2, 0.25) is 10.0 Å². The molecule has 1 rings (SSSR count). The van der Waals surface area contributed by atoms with Crippen molar-refractivity contribution in [2.24, 2.45) is 5.73 Å². The van der Waals surface area contributed by atoms with Crippen LogP contribution >= 0.6 is 0 Å². The number of nitro groups is 1. The van der Waals surface area contributed by atoms with Gasteiger partial charge in [0.15, 0.2) is 5.75 Å². The summed E-state index contributed by atoms with van der Waals surface area (Å²) in [6.07, 6.45) is 2.42. The molecule has 22 heavy (non-hydrogen) atoms. The molecule has 9 heteroatoms. The molecule has 0 saturated heterocycles. The minimum Gasteiger partial charge on any atom is -0.490 e. The lowest BCUT2D eigenvalue weighted by Gasteiger charge is -2.16. The Kier molecular flexibility index (Phi) is 6.72. The van der Waals surface area contributed by atoms with E-state index in [2.05, 4.69) is 4.72 Å². The SMILES string of the molecule is CCCCC(CN)NS(=O)(=O)c1ccc([N+](=O)[O-])c(OC)c1. The fourth-order valence-electron chi connectivity index (χ4n) is 1.94. The average molecular weight is 331 g/mol. The van der Waals surface area contributed by atoms with Crippen molar-refractivity contribution in [2.45, 2.75) is 37.1 Å². The predicted molar refractivity (Wildman–Crippen MR) is 82.3 cm³/mol. The molecule has 0 radical (unpaired) electrons. The van der Waals surface area contributed by atoms with Gasteiger partial charge in [0, 0.05) is 24.7 Å². The van der Waals surface area contributed by atoms with Crippen LogP contribution in [-0.4, -0.2) is 33.0 Å². The number of hydrogen-bond acceptors (Lipinski definition) is 6. The maximum atomic E-state index is 12.3. The molecule has 0 spiro atoms. The second-order valence-corrected chi connectivity index (χ2v) is 6.50. The first-order valence-electron chi connectivity index (χ1n) is 6.90. The van der Waals surface area contributed by atoms with Gasteiger partial charge in [0.25, 0.3) is 0 Å². The Balaban J connectivity index is 3.04. The van der Waals surface area contributed by atoms with Gasteiger partial charge in [-0.1, -0.05) is 19.8 Å². The molecule has 0 bridgehead atoms. The third-order valence-corrected chi connectivity index (χ3v) is 4.69. The van der Waals surface area contributed by atoms with Crippen LogP contribution < -0.4 is 15.2 Å². The Hall–Kier alpha value is -1.71. The fraction of sp³-hybridized carbons (Fsp3) is 0.538. The summed E-state index contributed by atoms with van der Waals surface area (Å²) in [7, 11) is -2.56. The second-order valence-electron chi connectivity index (χ2n) is 4.79. The van der Waals surface area contributed by atoms with Crippen LogP contribution in [0.4, 0.5) is 5.69 Å². The van der Waals surface area contributed by atoms with Crippen LogP contribution in [0.1, 0.15) is 26.2 Å². The summed E-state index contributed by atoms with van der Waals surface area (Å²) in [5.41, 5.74) is 5.29. The highest BCUT2D eigenvalue weighted by molar-refractivity contribution is 7.89. The lowest BCUT2D eigenvalue weighted by atomic mass is 10.1. The first-order chi connectivity index (χ1) is 10.4. The van der Waals surface area contributed by atoms with E-state index in [0.717, 1.165) is 25.0 Å². The summed E-state index contributed by atoms with van der Waals surface area (Å²) in [5.74, 6) is -0.106. The summed E-state index contributed by atoms with van der Waals surface area (Å²) in [6, 6.07) is 3.05. The van der Waals surface area contributed by atoms with Crippen LogP contribution in [0.2, 0.25) is 0 Å². The molecule has 3 N–H and O–H groups in total. The number of methoxy groups -OCH3 is 1. The number of nitrogens with two attached hydrogens (primary N) is 1. The van der Waals surface area contributed by atoms with Crippen LogP contribution in [0.25, 0.3) is 0 Å². The van der Waals surface area contributed by atoms with E-state index in [4.69, 9.17) is 10.5 Å². The maximum Gasteiger partial charge on any atom is 0.310 e. The third kappa shape index (κ3) is 4.65. The van der Waals surface area contributed by atoms with E-state index in [0.29, 0.717) is 6.42 Å². The first-order valence-corrected chi connectivity index (χ1v) is 8.38. The predicted octanol–water partition coefficient (Wildman–Crippen LogP) is 1.40. The highest BCUT2D eigenvalue weighted by Gasteiger charge is 2.23. The summed E-state index contributed by atoms with van der Waals surface area (Å²) in [5, 5.41) is 10.8. The van der Waals surface area contributed by atoms with Crippen molar-refractivity contribution in [3.05, 3.63) is 28.3 Å². The van der Waals surface area contributed by atoms with Crippen molar-refractivity contribution in [1.29, 1.82) is 0 Å². The third-order valence-electron chi connectivity index (χ3n) is 3.17. The minimum atomic E-state index is -3.81. The lowest BCUT2D eigenvalue weighted by molar-refractivity contribution is -0.385. The fourth-order valence-corrected chi connectivity index (χ4v) is 3.24. The van der Waals surface area contributed by atoms with Crippen molar-refractivity contribution in [3.63, 3.8) is 0 Å². The van der Waals surface area contributed by atoms with E-state index in [1.807, 2.05) is 6.92 Å². The van der Waals surface area contributed by atoms with Crippen LogP contribution in [0, 0.1) is 10.1 Å². The molecule has 0 fully saturated rings. The van der Waals surface area contributed by atoms with E-state index in [1.165, 1.54) is 13.2 Å². The number of nitrogens with zero attached hydrogens (tertiary/aromatic N) is 1. The maximum absolute atomic E-state index is 12.3. The quantitative estimate of drug-likeness (QED) is 0.520. The largest absolute Gasteiger partial charge is 0.490 e. The molecule has 1 aromatic rings. The number of hydrogen-bond donors (Lipinski definition) is 2. The van der Waals surface area contributed by atoms with Gasteiger partial charge in [-0.05, 0) is 12.5 Å². The number of nitrogens with one attached hydrogen (secondary N) is 1. The second kappa shape index (κ2) is 8.06. The summed E-state index contributed by atoms with van der Waals surface area (Å²) >= 11 is 0. The molecule has 0 aliphatic rings. The molecular weight excluding hydrogens is 310 g/mol. The van der Waals surface area contributed by atoms with E-state index in [9.17, 15) is 18.5 Å². The molecule has 8 nitrogen and oxygen atoms in total. The smallest absolute Gasteiger partial charge is 0.310 e. The number of nitro benzene ring substituents is 1. The van der Waals surface area contributed by atoms with Gasteiger partial charge in [-0.3, -0.25) is 10.1 Å². The molecule has 0 heterocycles. The van der Waals surface area contributed by atoms with E-state index < -0.39 is 14.9 Å². The van der Waals surface area contributed by atoms with Gasteiger partial charge in [-0.25, -0.2) is 13.1 Å². The van der Waals surface area contributed by atoms with Crippen LogP contribution in [0.15, 0.2) is 23.1 Å². The molecule has 0 aliphatic heterocycles. The highest BCUT2D eigenvalue weighted by atomic mass is 32.2. The Morgan fingerprint density at radius 1 is 1.45 bits per heavy atom. The molecule has 0 amide bonds. The molecule has 0 aromatic heterocycles. The minimum absolute atomic E-state index is 0.0927. The number of rotatable bonds is 9. The van der Waals surface area contributed by atoms with E-state index in [1.54, 1.807) is 0 Å². The van der Waals surface area contributed by atoms with Gasteiger partial charge in [-0.15, -0.1) is 0 Å². The summed E-state index contributed by atoms with van der Waals surface area (Å²) in [4.78, 5) is 10.1. The topological polar surface area (TPSA) is 125 Å². The van der Waals surface area contributed by atoms with Crippen LogP contribution in [0.5, 0.6) is 5.75 Å². The van der Waals surface area contributed by atoms with Crippen LogP contribution in [0.3, 0.4) is 0 Å². The van der Waals surface area contributed by atoms with Gasteiger partial charge in [0.05, 0.1) is 16.9 Å². The Bertz CT molecular complexity index is 618. The van der Waals surface area contributed by atoms with Crippen molar-refractivity contribution >= 4 is 15.7 Å². The molecule has 0 saturated carbocycles. The normalized spacial score (nSPS) is 12.9. The van der Waals surface area contributed by atoms with E-state index in [-0.39, 0.29) is 28.9 Å². The molecule has 1 atom stereocenters. The lowest BCUT2D eigenvalue weighted by Crippen LogP contribution is -2.40. The van der Waals surface area contributed by atoms with Crippen molar-refractivity contribution in [2.75, 3.05) is 13.7 Å². The number of benzene rings is 1. The standard InChI is InChI=1S/C13H21N3O5S/c1-3-4-5-10(9-14)15-22(19,20)11-6-7-12(16(17)18)13(8-11)21-2/h6-8,10,15H,3-5,9,14H2,1-2H3. The Morgan fingerprint density at radius 3 is 2.64 bits per heavy atom. The molecular formula is C13H21N3O5S. The number of sulfonamides is 1. The van der Waals surface area contributed by atoms with E-state index >= 15 is 0 Å². The summed E-state index contributed by atoms with van der Waals surface area (Å²) in [6.45, 7) is 2.19. The summed E-state index contributed by atoms with van der Waals surface area (Å²) < 4.78 is 32.0. The molecule has 1 unspecified atom stereocenters.